The molecule has 2 rings (SSSR count). The van der Waals surface area contributed by atoms with Gasteiger partial charge in [0, 0.05) is 6.20 Å². The molecular weight excluding hydrogens is 223 g/mol. The molecule has 0 aliphatic heterocycles. The van der Waals surface area contributed by atoms with Crippen molar-refractivity contribution in [3.8, 4) is 0 Å². The van der Waals surface area contributed by atoms with Gasteiger partial charge in [-0.2, -0.15) is 18.2 Å². The number of fused-ring (bicyclic) bond motifs is 1. The minimum absolute atomic E-state index is 0.212. The number of rotatable bonds is 1. The first-order valence-electron chi connectivity index (χ1n) is 4.14. The number of aromatic nitrogens is 2. The molecule has 0 bridgehead atoms. The average molecular weight is 227 g/mol. The van der Waals surface area contributed by atoms with Crippen LogP contribution in [0.4, 0.5) is 18.9 Å². The van der Waals surface area contributed by atoms with Gasteiger partial charge in [-0.25, -0.2) is 9.78 Å². The van der Waals surface area contributed by atoms with Crippen molar-refractivity contribution < 1.29 is 18.0 Å². The molecule has 0 radical (unpaired) electrons. The van der Waals surface area contributed by atoms with Crippen molar-refractivity contribution in [1.82, 2.24) is 9.38 Å². The molecule has 0 saturated heterocycles. The summed E-state index contributed by atoms with van der Waals surface area (Å²) in [7, 11) is 0. The zero-order valence-corrected chi connectivity index (χ0v) is 7.69. The molecule has 2 heterocycles. The summed E-state index contributed by atoms with van der Waals surface area (Å²) in [6.45, 7) is 0. The molecule has 0 amide bonds. The number of hydrogen-bond acceptors (Lipinski definition) is 3. The number of nitrogens with zero attached hydrogens (tertiary/aromatic N) is 3. The minimum Gasteiger partial charge on any atom is -0.296 e. The van der Waals surface area contributed by atoms with Gasteiger partial charge in [-0.15, -0.1) is 0 Å². The molecule has 16 heavy (non-hydrogen) atoms. The van der Waals surface area contributed by atoms with Gasteiger partial charge in [-0.1, -0.05) is 0 Å². The summed E-state index contributed by atoms with van der Waals surface area (Å²) in [5, 5.41) is 0. The Labute approximate surface area is 87.1 Å². The van der Waals surface area contributed by atoms with Gasteiger partial charge in [0.25, 0.3) is 0 Å². The van der Waals surface area contributed by atoms with Crippen molar-refractivity contribution in [3.63, 3.8) is 0 Å². The van der Waals surface area contributed by atoms with Crippen LogP contribution in [0.25, 0.3) is 5.52 Å². The lowest BCUT2D eigenvalue weighted by Gasteiger charge is -2.04. The van der Waals surface area contributed by atoms with Crippen LogP contribution in [0.3, 0.4) is 0 Å². The fraction of sp³-hybridized carbons (Fsp3) is 0.111. The van der Waals surface area contributed by atoms with Gasteiger partial charge >= 0.3 is 6.18 Å². The zero-order valence-electron chi connectivity index (χ0n) is 7.69. The van der Waals surface area contributed by atoms with E-state index in [-0.39, 0.29) is 11.2 Å². The molecule has 0 unspecified atom stereocenters. The SMILES string of the molecule is O=C=Nc1ccn2c(C(F)(F)F)ncc2c1. The quantitative estimate of drug-likeness (QED) is 0.554. The van der Waals surface area contributed by atoms with Crippen LogP contribution in [0.15, 0.2) is 29.5 Å². The van der Waals surface area contributed by atoms with E-state index in [1.807, 2.05) is 0 Å². The number of hydrogen-bond donors (Lipinski definition) is 0. The predicted octanol–water partition coefficient (Wildman–Crippen LogP) is 2.32. The Morgan fingerprint density at radius 2 is 2.19 bits per heavy atom. The lowest BCUT2D eigenvalue weighted by Crippen LogP contribution is -2.10. The molecule has 2 aromatic rings. The largest absolute Gasteiger partial charge is 0.450 e. The Morgan fingerprint density at radius 1 is 1.44 bits per heavy atom. The summed E-state index contributed by atoms with van der Waals surface area (Å²) in [4.78, 5) is 16.5. The standard InChI is InChI=1S/C9H4F3N3O/c10-9(11,12)8-13-4-7-3-6(14-5-16)1-2-15(7)8/h1-4H. The van der Waals surface area contributed by atoms with Gasteiger partial charge in [0.05, 0.1) is 17.4 Å². The first-order valence-corrected chi connectivity index (χ1v) is 4.14. The van der Waals surface area contributed by atoms with E-state index in [0.717, 1.165) is 16.8 Å². The first kappa shape index (κ1) is 10.4. The van der Waals surface area contributed by atoms with Crippen LogP contribution < -0.4 is 0 Å². The predicted molar refractivity (Wildman–Crippen MR) is 48.0 cm³/mol. The highest BCUT2D eigenvalue weighted by molar-refractivity contribution is 5.58. The van der Waals surface area contributed by atoms with Crippen molar-refractivity contribution in [2.24, 2.45) is 4.99 Å². The number of aliphatic imine (C=N–C) groups is 1. The molecular formula is C9H4F3N3O. The summed E-state index contributed by atoms with van der Waals surface area (Å²) >= 11 is 0. The van der Waals surface area contributed by atoms with Gasteiger partial charge in [0.15, 0.2) is 0 Å². The maximum Gasteiger partial charge on any atom is 0.450 e. The van der Waals surface area contributed by atoms with E-state index in [1.165, 1.54) is 18.2 Å². The summed E-state index contributed by atoms with van der Waals surface area (Å²) < 4.78 is 38.2. The molecule has 0 atom stereocenters. The van der Waals surface area contributed by atoms with Crippen LogP contribution >= 0.6 is 0 Å². The Morgan fingerprint density at radius 3 is 2.81 bits per heavy atom. The first-order chi connectivity index (χ1) is 7.52. The molecule has 0 fully saturated rings. The minimum atomic E-state index is -4.51. The van der Waals surface area contributed by atoms with Gasteiger partial charge in [-0.05, 0) is 12.1 Å². The number of carbonyl (C=O) groups excluding carboxylic acids is 1. The van der Waals surface area contributed by atoms with Crippen molar-refractivity contribution in [3.05, 3.63) is 30.4 Å². The summed E-state index contributed by atoms with van der Waals surface area (Å²) in [5.41, 5.74) is 0.444. The van der Waals surface area contributed by atoms with Gasteiger partial charge in [0.2, 0.25) is 11.9 Å². The van der Waals surface area contributed by atoms with E-state index in [1.54, 1.807) is 0 Å². The molecule has 82 valence electrons. The Bertz CT molecular complexity index is 581. The van der Waals surface area contributed by atoms with Gasteiger partial charge < -0.3 is 0 Å². The van der Waals surface area contributed by atoms with Crippen molar-refractivity contribution in [2.75, 3.05) is 0 Å². The second kappa shape index (κ2) is 3.46. The zero-order chi connectivity index (χ0) is 11.8. The number of imidazole rings is 1. The molecule has 2 aromatic heterocycles. The number of alkyl halides is 3. The monoisotopic (exact) mass is 227 g/mol. The fourth-order valence-electron chi connectivity index (χ4n) is 1.32. The molecule has 4 nitrogen and oxygen atoms in total. The number of pyridine rings is 1. The van der Waals surface area contributed by atoms with Crippen LogP contribution in [-0.4, -0.2) is 15.5 Å². The Balaban J connectivity index is 2.63. The van der Waals surface area contributed by atoms with Crippen molar-refractivity contribution in [2.45, 2.75) is 6.18 Å². The highest BCUT2D eigenvalue weighted by atomic mass is 19.4. The molecule has 0 saturated carbocycles. The number of isocyanates is 1. The van der Waals surface area contributed by atoms with Gasteiger partial charge in [0.1, 0.15) is 0 Å². The third kappa shape index (κ3) is 1.68. The van der Waals surface area contributed by atoms with Crippen LogP contribution in [0, 0.1) is 0 Å². The molecule has 0 N–H and O–H groups in total. The van der Waals surface area contributed by atoms with Crippen LogP contribution in [0.1, 0.15) is 5.82 Å². The fourth-order valence-corrected chi connectivity index (χ4v) is 1.32. The second-order valence-electron chi connectivity index (χ2n) is 2.96. The normalized spacial score (nSPS) is 11.4. The summed E-state index contributed by atoms with van der Waals surface area (Å²) in [6, 6.07) is 2.59. The van der Waals surface area contributed by atoms with Crippen LogP contribution in [0.5, 0.6) is 0 Å². The highest BCUT2D eigenvalue weighted by Gasteiger charge is 2.35. The third-order valence-electron chi connectivity index (χ3n) is 1.94. The van der Waals surface area contributed by atoms with E-state index >= 15 is 0 Å². The molecule has 0 aliphatic rings. The molecule has 7 heteroatoms. The second-order valence-corrected chi connectivity index (χ2v) is 2.96. The smallest absolute Gasteiger partial charge is 0.296 e. The van der Waals surface area contributed by atoms with Gasteiger partial charge in [-0.3, -0.25) is 4.40 Å². The number of halogens is 3. The molecule has 0 aliphatic carbocycles. The van der Waals surface area contributed by atoms with E-state index in [2.05, 4.69) is 9.98 Å². The van der Waals surface area contributed by atoms with Crippen molar-refractivity contribution >= 4 is 17.3 Å². The lowest BCUT2D eigenvalue weighted by atomic mass is 10.3. The van der Waals surface area contributed by atoms with E-state index < -0.39 is 12.0 Å². The summed E-state index contributed by atoms with van der Waals surface area (Å²) in [5.74, 6) is -1.01. The Kier molecular flexibility index (Phi) is 2.25. The lowest BCUT2D eigenvalue weighted by molar-refractivity contribution is -0.145. The van der Waals surface area contributed by atoms with Crippen LogP contribution in [0.2, 0.25) is 0 Å². The molecule has 0 spiro atoms. The van der Waals surface area contributed by atoms with E-state index in [0.29, 0.717) is 0 Å². The summed E-state index contributed by atoms with van der Waals surface area (Å²) in [6.07, 6.45) is -0.987. The maximum absolute atomic E-state index is 12.4. The highest BCUT2D eigenvalue weighted by Crippen LogP contribution is 2.29. The Hall–Kier alpha value is -2.14. The third-order valence-corrected chi connectivity index (χ3v) is 1.94. The molecule has 0 aromatic carbocycles. The van der Waals surface area contributed by atoms with Crippen molar-refractivity contribution in [1.29, 1.82) is 0 Å². The average Bonchev–Trinajstić information content (AvgIpc) is 2.60. The maximum atomic E-state index is 12.4. The van der Waals surface area contributed by atoms with Crippen LogP contribution in [-0.2, 0) is 11.0 Å². The van der Waals surface area contributed by atoms with E-state index in [4.69, 9.17) is 0 Å². The van der Waals surface area contributed by atoms with E-state index in [9.17, 15) is 18.0 Å². The topological polar surface area (TPSA) is 46.7 Å².